The Morgan fingerprint density at radius 3 is 3.05 bits per heavy atom. The number of nitrogens with zero attached hydrogens (tertiary/aromatic N) is 1. The Kier molecular flexibility index (Phi) is 2.57. The van der Waals surface area contributed by atoms with Crippen LogP contribution in [0, 0.1) is 11.3 Å². The van der Waals surface area contributed by atoms with Crippen molar-refractivity contribution in [2.45, 2.75) is 19.3 Å². The molecular formula is C15H18N4O. The zero-order valence-electron chi connectivity index (χ0n) is 11.3. The van der Waals surface area contributed by atoms with Crippen molar-refractivity contribution in [2.75, 3.05) is 18.4 Å². The largest absolute Gasteiger partial charge is 0.324 e. The van der Waals surface area contributed by atoms with Crippen LogP contribution >= 0.6 is 0 Å². The number of carbonyl (C=O) groups is 1. The topological polar surface area (TPSA) is 69.8 Å². The van der Waals surface area contributed by atoms with Gasteiger partial charge in [0, 0.05) is 11.3 Å². The summed E-state index contributed by atoms with van der Waals surface area (Å²) in [4.78, 5) is 12.4. The number of anilines is 1. The first kappa shape index (κ1) is 11.9. The third kappa shape index (κ3) is 1.81. The Morgan fingerprint density at radius 2 is 2.20 bits per heavy atom. The van der Waals surface area contributed by atoms with Crippen molar-refractivity contribution < 1.29 is 4.79 Å². The van der Waals surface area contributed by atoms with E-state index in [1.165, 1.54) is 0 Å². The SMILES string of the molecule is O=C(Nc1cccc2cn[nH]c12)C1CC12CCNCC2. The summed E-state index contributed by atoms with van der Waals surface area (Å²) in [6, 6.07) is 5.86. The average Bonchev–Trinajstić information content (AvgIpc) is 2.95. The first-order chi connectivity index (χ1) is 9.78. The molecule has 1 aliphatic carbocycles. The third-order valence-corrected chi connectivity index (χ3v) is 4.84. The lowest BCUT2D eigenvalue weighted by atomic mass is 9.92. The molecule has 20 heavy (non-hydrogen) atoms. The van der Waals surface area contributed by atoms with Crippen LogP contribution in [0.2, 0.25) is 0 Å². The van der Waals surface area contributed by atoms with Crippen LogP contribution in [0.3, 0.4) is 0 Å². The second-order valence-corrected chi connectivity index (χ2v) is 6.00. The van der Waals surface area contributed by atoms with Crippen LogP contribution in [0.5, 0.6) is 0 Å². The maximum atomic E-state index is 12.4. The van der Waals surface area contributed by atoms with Gasteiger partial charge in [-0.2, -0.15) is 5.10 Å². The second kappa shape index (κ2) is 4.31. The first-order valence-electron chi connectivity index (χ1n) is 7.22. The van der Waals surface area contributed by atoms with Crippen LogP contribution in [0.25, 0.3) is 10.9 Å². The summed E-state index contributed by atoms with van der Waals surface area (Å²) >= 11 is 0. The van der Waals surface area contributed by atoms with Gasteiger partial charge in [-0.25, -0.2) is 0 Å². The van der Waals surface area contributed by atoms with Crippen LogP contribution in [0.1, 0.15) is 19.3 Å². The fourth-order valence-electron chi connectivity index (χ4n) is 3.49. The van der Waals surface area contributed by atoms with Gasteiger partial charge in [-0.1, -0.05) is 12.1 Å². The molecule has 3 N–H and O–H groups in total. The van der Waals surface area contributed by atoms with Crippen LogP contribution in [-0.4, -0.2) is 29.2 Å². The molecule has 1 atom stereocenters. The summed E-state index contributed by atoms with van der Waals surface area (Å²) in [5, 5.41) is 14.4. The number of carbonyl (C=O) groups excluding carboxylic acids is 1. The summed E-state index contributed by atoms with van der Waals surface area (Å²) in [5.41, 5.74) is 2.01. The van der Waals surface area contributed by atoms with Gasteiger partial charge in [0.2, 0.25) is 5.91 Å². The minimum absolute atomic E-state index is 0.161. The van der Waals surface area contributed by atoms with Crippen molar-refractivity contribution >= 4 is 22.5 Å². The Hall–Kier alpha value is -1.88. The normalized spacial score (nSPS) is 23.9. The van der Waals surface area contributed by atoms with Gasteiger partial charge in [-0.15, -0.1) is 0 Å². The molecule has 1 amide bonds. The Balaban J connectivity index is 1.52. The molecule has 1 aromatic heterocycles. The van der Waals surface area contributed by atoms with E-state index >= 15 is 0 Å². The molecule has 1 saturated heterocycles. The highest BCUT2D eigenvalue weighted by Crippen LogP contribution is 2.58. The lowest BCUT2D eigenvalue weighted by Gasteiger charge is -2.23. The Bertz CT molecular complexity index is 657. The fraction of sp³-hybridized carbons (Fsp3) is 0.467. The molecule has 0 radical (unpaired) electrons. The minimum Gasteiger partial charge on any atom is -0.324 e. The van der Waals surface area contributed by atoms with Crippen molar-refractivity contribution in [3.8, 4) is 0 Å². The summed E-state index contributed by atoms with van der Waals surface area (Å²) in [6.07, 6.45) is 5.06. The van der Waals surface area contributed by atoms with Gasteiger partial charge in [-0.05, 0) is 43.8 Å². The van der Waals surface area contributed by atoms with Crippen LogP contribution < -0.4 is 10.6 Å². The molecular weight excluding hydrogens is 252 g/mol. The highest BCUT2D eigenvalue weighted by atomic mass is 16.2. The zero-order valence-corrected chi connectivity index (χ0v) is 11.3. The summed E-state index contributed by atoms with van der Waals surface area (Å²) in [6.45, 7) is 2.08. The maximum absolute atomic E-state index is 12.4. The number of amides is 1. The molecule has 4 rings (SSSR count). The quantitative estimate of drug-likeness (QED) is 0.780. The molecule has 1 aromatic carbocycles. The summed E-state index contributed by atoms with van der Waals surface area (Å²) in [7, 11) is 0. The van der Waals surface area contributed by atoms with Gasteiger partial charge in [0.25, 0.3) is 0 Å². The van der Waals surface area contributed by atoms with Crippen molar-refractivity contribution in [3.05, 3.63) is 24.4 Å². The van der Waals surface area contributed by atoms with E-state index in [1.807, 2.05) is 18.2 Å². The molecule has 0 bridgehead atoms. The van der Waals surface area contributed by atoms with E-state index in [-0.39, 0.29) is 17.2 Å². The number of H-pyrrole nitrogens is 1. The van der Waals surface area contributed by atoms with E-state index in [0.717, 1.165) is 48.9 Å². The number of rotatable bonds is 2. The fourth-order valence-corrected chi connectivity index (χ4v) is 3.49. The number of fused-ring (bicyclic) bond motifs is 1. The molecule has 104 valence electrons. The molecule has 2 aromatic rings. The lowest BCUT2D eigenvalue weighted by Crippen LogP contribution is -2.31. The number of piperidine rings is 1. The van der Waals surface area contributed by atoms with Crippen molar-refractivity contribution in [3.63, 3.8) is 0 Å². The van der Waals surface area contributed by atoms with Crippen molar-refractivity contribution in [1.29, 1.82) is 0 Å². The van der Waals surface area contributed by atoms with E-state index in [9.17, 15) is 4.79 Å². The summed E-state index contributed by atoms with van der Waals surface area (Å²) < 4.78 is 0. The predicted molar refractivity (Wildman–Crippen MR) is 77.4 cm³/mol. The number of hydrogen-bond donors (Lipinski definition) is 3. The number of para-hydroxylation sites is 1. The van der Waals surface area contributed by atoms with E-state index < -0.39 is 0 Å². The van der Waals surface area contributed by atoms with E-state index in [1.54, 1.807) is 6.20 Å². The molecule has 1 spiro atoms. The van der Waals surface area contributed by atoms with E-state index in [0.29, 0.717) is 0 Å². The van der Waals surface area contributed by atoms with Crippen molar-refractivity contribution in [1.82, 2.24) is 15.5 Å². The molecule has 1 aliphatic heterocycles. The third-order valence-electron chi connectivity index (χ3n) is 4.84. The Labute approximate surface area is 117 Å². The molecule has 2 aliphatic rings. The highest BCUT2D eigenvalue weighted by Gasteiger charge is 2.57. The summed E-state index contributed by atoms with van der Waals surface area (Å²) in [5.74, 6) is 0.344. The monoisotopic (exact) mass is 270 g/mol. The van der Waals surface area contributed by atoms with Crippen LogP contribution in [0.4, 0.5) is 5.69 Å². The number of aromatic amines is 1. The standard InChI is InChI=1S/C15H18N4O/c20-14(11-8-15(11)4-6-16-7-5-15)18-12-3-1-2-10-9-17-19-13(10)12/h1-3,9,11,16H,4-8H2,(H,17,19)(H,18,20). The zero-order chi connectivity index (χ0) is 13.6. The number of hydrogen-bond acceptors (Lipinski definition) is 3. The minimum atomic E-state index is 0.161. The van der Waals surface area contributed by atoms with Gasteiger partial charge in [0.05, 0.1) is 17.4 Å². The number of benzene rings is 1. The van der Waals surface area contributed by atoms with Gasteiger partial charge >= 0.3 is 0 Å². The van der Waals surface area contributed by atoms with Gasteiger partial charge in [0.1, 0.15) is 0 Å². The molecule has 2 fully saturated rings. The van der Waals surface area contributed by atoms with E-state index in [2.05, 4.69) is 20.8 Å². The second-order valence-electron chi connectivity index (χ2n) is 6.00. The first-order valence-corrected chi connectivity index (χ1v) is 7.22. The van der Waals surface area contributed by atoms with Gasteiger partial charge in [-0.3, -0.25) is 9.89 Å². The molecule has 5 nitrogen and oxygen atoms in total. The lowest BCUT2D eigenvalue weighted by molar-refractivity contribution is -0.118. The van der Waals surface area contributed by atoms with Crippen LogP contribution in [-0.2, 0) is 4.79 Å². The van der Waals surface area contributed by atoms with E-state index in [4.69, 9.17) is 0 Å². The van der Waals surface area contributed by atoms with Crippen LogP contribution in [0.15, 0.2) is 24.4 Å². The Morgan fingerprint density at radius 1 is 1.35 bits per heavy atom. The molecule has 1 unspecified atom stereocenters. The molecule has 5 heteroatoms. The van der Waals surface area contributed by atoms with Gasteiger partial charge in [0.15, 0.2) is 0 Å². The molecule has 2 heterocycles. The smallest absolute Gasteiger partial charge is 0.228 e. The predicted octanol–water partition coefficient (Wildman–Crippen LogP) is 1.89. The number of nitrogens with one attached hydrogen (secondary N) is 3. The average molecular weight is 270 g/mol. The van der Waals surface area contributed by atoms with Crippen molar-refractivity contribution in [2.24, 2.45) is 11.3 Å². The highest BCUT2D eigenvalue weighted by molar-refractivity contribution is 6.02. The number of aromatic nitrogens is 2. The maximum Gasteiger partial charge on any atom is 0.228 e. The van der Waals surface area contributed by atoms with Gasteiger partial charge < -0.3 is 10.6 Å². The molecule has 1 saturated carbocycles.